The number of hydrogen-bond donors (Lipinski definition) is 1. The smallest absolute Gasteiger partial charge is 0.148 e. The molecule has 0 aliphatic carbocycles. The van der Waals surface area contributed by atoms with Gasteiger partial charge in [0.1, 0.15) is 18.1 Å². The number of phenols is 1. The van der Waals surface area contributed by atoms with Crippen molar-refractivity contribution in [3.8, 4) is 23.8 Å². The molecule has 0 aliphatic heterocycles. The molecule has 1 unspecified atom stereocenters. The van der Waals surface area contributed by atoms with Gasteiger partial charge >= 0.3 is 0 Å². The van der Waals surface area contributed by atoms with Crippen LogP contribution in [0.25, 0.3) is 0 Å². The van der Waals surface area contributed by atoms with E-state index in [0.29, 0.717) is 0 Å². The second-order valence-corrected chi connectivity index (χ2v) is 5.34. The Morgan fingerprint density at radius 3 is 2.21 bits per heavy atom. The van der Waals surface area contributed by atoms with E-state index < -0.39 is 0 Å². The molecule has 0 aliphatic rings. The van der Waals surface area contributed by atoms with Gasteiger partial charge in [0.05, 0.1) is 11.6 Å². The van der Waals surface area contributed by atoms with Crippen LogP contribution in [-0.2, 0) is 0 Å². The Bertz CT molecular complexity index is 818. The van der Waals surface area contributed by atoms with Crippen LogP contribution in [0.1, 0.15) is 22.7 Å². The largest absolute Gasteiger partial charge is 0.508 e. The first-order valence-electron chi connectivity index (χ1n) is 7.64. The van der Waals surface area contributed by atoms with Crippen LogP contribution in [0.15, 0.2) is 72.9 Å². The molecule has 24 heavy (non-hydrogen) atoms. The summed E-state index contributed by atoms with van der Waals surface area (Å²) in [5, 5.41) is 9.55. The maximum atomic E-state index is 9.55. The Kier molecular flexibility index (Phi) is 4.78. The van der Waals surface area contributed by atoms with Crippen molar-refractivity contribution in [3.63, 3.8) is 0 Å². The summed E-state index contributed by atoms with van der Waals surface area (Å²) >= 11 is 0. The molecule has 3 heteroatoms. The average molecular weight is 315 g/mol. The van der Waals surface area contributed by atoms with Gasteiger partial charge in [-0.15, -0.1) is 6.42 Å². The molecule has 0 saturated carbocycles. The van der Waals surface area contributed by atoms with Gasteiger partial charge in [-0.3, -0.25) is 4.98 Å². The summed E-state index contributed by atoms with van der Waals surface area (Å²) in [6.07, 6.45) is 7.00. The maximum absolute atomic E-state index is 9.55. The SMILES string of the molecule is C#CCOc1ccc(C(c2ccc(O)cc2)c2ccccn2)cc1. The van der Waals surface area contributed by atoms with E-state index in [4.69, 9.17) is 11.2 Å². The van der Waals surface area contributed by atoms with E-state index in [1.165, 1.54) is 0 Å². The Balaban J connectivity index is 1.99. The summed E-state index contributed by atoms with van der Waals surface area (Å²) < 4.78 is 5.43. The lowest BCUT2D eigenvalue weighted by Crippen LogP contribution is -2.05. The number of phenolic OH excluding ortho intramolecular Hbond substituents is 1. The molecule has 3 rings (SSSR count). The second-order valence-electron chi connectivity index (χ2n) is 5.34. The van der Waals surface area contributed by atoms with Gasteiger partial charge in [-0.25, -0.2) is 0 Å². The van der Waals surface area contributed by atoms with Crippen molar-refractivity contribution in [2.45, 2.75) is 5.92 Å². The molecular formula is C21H17NO2. The number of pyridine rings is 1. The molecule has 0 saturated heterocycles. The topological polar surface area (TPSA) is 42.4 Å². The molecule has 118 valence electrons. The zero-order valence-corrected chi connectivity index (χ0v) is 13.1. The molecule has 0 spiro atoms. The van der Waals surface area contributed by atoms with Crippen LogP contribution in [0, 0.1) is 12.3 Å². The first-order valence-corrected chi connectivity index (χ1v) is 7.64. The first kappa shape index (κ1) is 15.6. The minimum atomic E-state index is -0.0199. The minimum absolute atomic E-state index is 0.0199. The Hall–Kier alpha value is -3.25. The molecule has 0 fully saturated rings. The molecule has 1 heterocycles. The number of aromatic hydroxyl groups is 1. The summed E-state index contributed by atoms with van der Waals surface area (Å²) in [6, 6.07) is 20.9. The summed E-state index contributed by atoms with van der Waals surface area (Å²) in [5.41, 5.74) is 3.09. The van der Waals surface area contributed by atoms with E-state index in [1.807, 2.05) is 54.6 Å². The lowest BCUT2D eigenvalue weighted by atomic mass is 9.88. The van der Waals surface area contributed by atoms with E-state index in [2.05, 4.69) is 10.9 Å². The zero-order valence-electron chi connectivity index (χ0n) is 13.1. The van der Waals surface area contributed by atoms with Gasteiger partial charge in [-0.05, 0) is 47.5 Å². The molecule has 0 bridgehead atoms. The Labute approximate surface area is 141 Å². The van der Waals surface area contributed by atoms with Crippen molar-refractivity contribution >= 4 is 0 Å². The fourth-order valence-corrected chi connectivity index (χ4v) is 2.63. The fourth-order valence-electron chi connectivity index (χ4n) is 2.63. The molecular weight excluding hydrogens is 298 g/mol. The van der Waals surface area contributed by atoms with E-state index in [1.54, 1.807) is 18.3 Å². The van der Waals surface area contributed by atoms with Crippen molar-refractivity contribution < 1.29 is 9.84 Å². The standard InChI is InChI=1S/C21H17NO2/c1-2-15-24-19-12-8-17(9-13-19)21(20-5-3-4-14-22-20)16-6-10-18(23)11-7-16/h1,3-14,21,23H,15H2. The van der Waals surface area contributed by atoms with Crippen LogP contribution in [0.4, 0.5) is 0 Å². The summed E-state index contributed by atoms with van der Waals surface area (Å²) in [4.78, 5) is 4.51. The third-order valence-electron chi connectivity index (χ3n) is 3.75. The van der Waals surface area contributed by atoms with Gasteiger partial charge in [0.25, 0.3) is 0 Å². The van der Waals surface area contributed by atoms with Gasteiger partial charge < -0.3 is 9.84 Å². The summed E-state index contributed by atoms with van der Waals surface area (Å²) in [5.74, 6) is 3.42. The van der Waals surface area contributed by atoms with E-state index in [0.717, 1.165) is 22.6 Å². The summed E-state index contributed by atoms with van der Waals surface area (Å²) in [7, 11) is 0. The van der Waals surface area contributed by atoms with Crippen molar-refractivity contribution in [1.82, 2.24) is 4.98 Å². The number of hydrogen-bond acceptors (Lipinski definition) is 3. The number of terminal acetylenes is 1. The van der Waals surface area contributed by atoms with Crippen LogP contribution in [0.2, 0.25) is 0 Å². The predicted octanol–water partition coefficient (Wildman–Crippen LogP) is 3.98. The first-order chi connectivity index (χ1) is 11.8. The van der Waals surface area contributed by atoms with Crippen LogP contribution in [0.3, 0.4) is 0 Å². The number of benzene rings is 2. The van der Waals surface area contributed by atoms with Crippen LogP contribution in [0.5, 0.6) is 11.5 Å². The van der Waals surface area contributed by atoms with Crippen molar-refractivity contribution in [2.75, 3.05) is 6.61 Å². The molecule has 0 radical (unpaired) electrons. The van der Waals surface area contributed by atoms with Gasteiger partial charge in [-0.2, -0.15) is 0 Å². The van der Waals surface area contributed by atoms with Gasteiger partial charge in [0, 0.05) is 6.20 Å². The van der Waals surface area contributed by atoms with Crippen LogP contribution in [-0.4, -0.2) is 16.7 Å². The van der Waals surface area contributed by atoms with Crippen LogP contribution < -0.4 is 4.74 Å². The monoisotopic (exact) mass is 315 g/mol. The highest BCUT2D eigenvalue weighted by atomic mass is 16.5. The van der Waals surface area contributed by atoms with Crippen molar-refractivity contribution in [1.29, 1.82) is 0 Å². The minimum Gasteiger partial charge on any atom is -0.508 e. The zero-order chi connectivity index (χ0) is 16.8. The lowest BCUT2D eigenvalue weighted by molar-refractivity contribution is 0.370. The number of aromatic nitrogens is 1. The Morgan fingerprint density at radius 1 is 0.958 bits per heavy atom. The highest BCUT2D eigenvalue weighted by molar-refractivity contribution is 5.43. The highest BCUT2D eigenvalue weighted by Gasteiger charge is 2.18. The average Bonchev–Trinajstić information content (AvgIpc) is 2.64. The molecule has 3 aromatic rings. The second kappa shape index (κ2) is 7.34. The van der Waals surface area contributed by atoms with Crippen molar-refractivity contribution in [3.05, 3.63) is 89.7 Å². The predicted molar refractivity (Wildman–Crippen MR) is 94.1 cm³/mol. The summed E-state index contributed by atoms with van der Waals surface area (Å²) in [6.45, 7) is 0.251. The molecule has 1 N–H and O–H groups in total. The molecule has 1 atom stereocenters. The highest BCUT2D eigenvalue weighted by Crippen LogP contribution is 2.32. The number of ether oxygens (including phenoxy) is 1. The Morgan fingerprint density at radius 2 is 1.62 bits per heavy atom. The fraction of sp³-hybridized carbons (Fsp3) is 0.0952. The lowest BCUT2D eigenvalue weighted by Gasteiger charge is -2.18. The van der Waals surface area contributed by atoms with E-state index in [-0.39, 0.29) is 18.3 Å². The molecule has 0 amide bonds. The molecule has 3 nitrogen and oxygen atoms in total. The van der Waals surface area contributed by atoms with Gasteiger partial charge in [0.2, 0.25) is 0 Å². The van der Waals surface area contributed by atoms with Crippen molar-refractivity contribution in [2.24, 2.45) is 0 Å². The molecule has 1 aromatic heterocycles. The number of nitrogens with zero attached hydrogens (tertiary/aromatic N) is 1. The quantitative estimate of drug-likeness (QED) is 0.724. The van der Waals surface area contributed by atoms with E-state index in [9.17, 15) is 5.11 Å². The molecule has 2 aromatic carbocycles. The van der Waals surface area contributed by atoms with E-state index >= 15 is 0 Å². The number of rotatable bonds is 5. The third kappa shape index (κ3) is 3.56. The maximum Gasteiger partial charge on any atom is 0.148 e. The third-order valence-corrected chi connectivity index (χ3v) is 3.75. The van der Waals surface area contributed by atoms with Gasteiger partial charge in [0.15, 0.2) is 0 Å². The van der Waals surface area contributed by atoms with Crippen LogP contribution >= 0.6 is 0 Å². The van der Waals surface area contributed by atoms with Gasteiger partial charge in [-0.1, -0.05) is 36.3 Å². The normalized spacial score (nSPS) is 11.5.